The van der Waals surface area contributed by atoms with Gasteiger partial charge in [0.05, 0.1) is 23.0 Å². The number of carboxylic acid groups (broad SMARTS) is 1. The molecule has 0 spiro atoms. The van der Waals surface area contributed by atoms with Gasteiger partial charge < -0.3 is 29.6 Å². The number of nitrogens with zero attached hydrogens (tertiary/aromatic N) is 4. The summed E-state index contributed by atoms with van der Waals surface area (Å²) in [6, 6.07) is 5.66. The first-order valence-electron chi connectivity index (χ1n) is 14.6. The molecule has 5 atom stereocenters. The molecule has 0 bridgehead atoms. The zero-order chi connectivity index (χ0) is 30.1. The van der Waals surface area contributed by atoms with E-state index in [0.717, 1.165) is 50.2 Å². The lowest BCUT2D eigenvalue weighted by atomic mass is 9.79. The summed E-state index contributed by atoms with van der Waals surface area (Å²) in [6.07, 6.45) is 2.53. The maximum absolute atomic E-state index is 12.7. The Hall–Kier alpha value is -3.16. The molecule has 0 unspecified atom stereocenters. The highest BCUT2D eigenvalue weighted by molar-refractivity contribution is 8.03. The van der Waals surface area contributed by atoms with Crippen molar-refractivity contribution in [3.63, 3.8) is 0 Å². The second-order valence-corrected chi connectivity index (χ2v) is 13.2. The number of non-ortho nitro benzene ring substituents is 1. The molecule has 1 aromatic carbocycles. The molecule has 4 aliphatic heterocycles. The molecule has 3 fully saturated rings. The van der Waals surface area contributed by atoms with Gasteiger partial charge in [-0.05, 0) is 62.8 Å². The fourth-order valence-corrected chi connectivity index (χ4v) is 8.33. The lowest BCUT2D eigenvalue weighted by Crippen LogP contribution is -2.63. The largest absolute Gasteiger partial charge is 0.477 e. The molecule has 4 heterocycles. The number of aliphatic hydroxyl groups is 1. The Morgan fingerprint density at radius 1 is 1.17 bits per heavy atom. The number of likely N-dealkylation sites (tertiary alicyclic amines) is 2. The molecule has 5 rings (SSSR count). The van der Waals surface area contributed by atoms with Crippen molar-refractivity contribution < 1.29 is 34.3 Å². The van der Waals surface area contributed by atoms with Crippen LogP contribution in [0.5, 0.6) is 0 Å². The highest BCUT2D eigenvalue weighted by Crippen LogP contribution is 2.51. The van der Waals surface area contributed by atoms with Crippen LogP contribution in [0.4, 0.5) is 10.5 Å². The van der Waals surface area contributed by atoms with Gasteiger partial charge in [0.2, 0.25) is 5.91 Å². The van der Waals surface area contributed by atoms with E-state index < -0.39 is 22.9 Å². The van der Waals surface area contributed by atoms with Gasteiger partial charge in [-0.1, -0.05) is 6.92 Å². The van der Waals surface area contributed by atoms with Crippen LogP contribution in [0.2, 0.25) is 0 Å². The molecule has 2 amide bonds. The second kappa shape index (κ2) is 12.6. The molecule has 3 saturated heterocycles. The minimum absolute atomic E-state index is 0.00629. The highest BCUT2D eigenvalue weighted by atomic mass is 32.2. The third-order valence-electron chi connectivity index (χ3n) is 8.97. The van der Waals surface area contributed by atoms with Gasteiger partial charge in [0.1, 0.15) is 12.3 Å². The van der Waals surface area contributed by atoms with Crippen molar-refractivity contribution in [3.05, 3.63) is 50.5 Å². The Labute approximate surface area is 248 Å². The number of β-lactam (4-membered cyclic amide) rings is 1. The van der Waals surface area contributed by atoms with Gasteiger partial charge in [0, 0.05) is 54.4 Å². The Kier molecular flexibility index (Phi) is 9.09. The van der Waals surface area contributed by atoms with E-state index in [1.54, 1.807) is 35.7 Å². The topological polar surface area (TPSA) is 154 Å². The van der Waals surface area contributed by atoms with E-state index in [2.05, 4.69) is 4.90 Å². The number of ether oxygens (including phenoxy) is 1. The number of fused-ring (bicyclic) bond motifs is 1. The number of aliphatic hydroxyl groups excluding tert-OH is 1. The zero-order valence-electron chi connectivity index (χ0n) is 23.9. The van der Waals surface area contributed by atoms with Crippen LogP contribution in [-0.2, 0) is 20.9 Å². The summed E-state index contributed by atoms with van der Waals surface area (Å²) in [5.74, 6) is -1.63. The van der Waals surface area contributed by atoms with Crippen LogP contribution in [0, 0.1) is 27.9 Å². The maximum atomic E-state index is 12.7. The lowest BCUT2D eigenvalue weighted by molar-refractivity contribution is -0.384. The summed E-state index contributed by atoms with van der Waals surface area (Å²) in [5.41, 5.74) is 0.774. The molecule has 0 saturated carbocycles. The molecule has 4 aliphatic rings. The number of hydrogen-bond donors (Lipinski definition) is 2. The zero-order valence-corrected chi connectivity index (χ0v) is 24.7. The van der Waals surface area contributed by atoms with Crippen LogP contribution in [-0.4, -0.2) is 97.9 Å². The van der Waals surface area contributed by atoms with Gasteiger partial charge in [-0.3, -0.25) is 14.9 Å². The molecule has 0 radical (unpaired) electrons. The Morgan fingerprint density at radius 2 is 1.86 bits per heavy atom. The number of rotatable bonds is 9. The second-order valence-electron chi connectivity index (χ2n) is 11.8. The van der Waals surface area contributed by atoms with Gasteiger partial charge in [0.15, 0.2) is 0 Å². The van der Waals surface area contributed by atoms with Gasteiger partial charge in [-0.15, -0.1) is 11.8 Å². The van der Waals surface area contributed by atoms with Gasteiger partial charge in [-0.25, -0.2) is 9.59 Å². The molecule has 1 aromatic rings. The monoisotopic (exact) mass is 602 g/mol. The van der Waals surface area contributed by atoms with E-state index in [1.807, 2.05) is 6.92 Å². The minimum Gasteiger partial charge on any atom is -0.477 e. The number of thioether (sulfide) groups is 1. The van der Waals surface area contributed by atoms with Gasteiger partial charge in [0.25, 0.3) is 5.69 Å². The molecular weight excluding hydrogens is 564 g/mol. The van der Waals surface area contributed by atoms with E-state index >= 15 is 0 Å². The molecule has 0 aromatic heterocycles. The first kappa shape index (κ1) is 30.3. The highest BCUT2D eigenvalue weighted by Gasteiger charge is 2.60. The molecule has 228 valence electrons. The number of nitro benzene ring substituents is 1. The number of benzene rings is 1. The third-order valence-corrected chi connectivity index (χ3v) is 10.5. The van der Waals surface area contributed by atoms with Crippen LogP contribution in [0.25, 0.3) is 0 Å². The average molecular weight is 603 g/mol. The molecular formula is C29H38N4O8S. The van der Waals surface area contributed by atoms with E-state index in [-0.39, 0.29) is 47.2 Å². The predicted octanol–water partition coefficient (Wildman–Crippen LogP) is 3.29. The number of carbonyl (C=O) groups excluding carboxylic acids is 2. The number of carboxylic acids is 1. The fraction of sp³-hybridized carbons (Fsp3) is 0.621. The first-order chi connectivity index (χ1) is 20.0. The van der Waals surface area contributed by atoms with Crippen LogP contribution in [0.15, 0.2) is 34.9 Å². The van der Waals surface area contributed by atoms with Crippen LogP contribution in [0.1, 0.15) is 45.1 Å². The Bertz CT molecular complexity index is 1250. The maximum Gasteiger partial charge on any atom is 0.410 e. The van der Waals surface area contributed by atoms with Gasteiger partial charge >= 0.3 is 12.1 Å². The number of carbonyl (C=O) groups is 3. The Balaban J connectivity index is 1.09. The summed E-state index contributed by atoms with van der Waals surface area (Å²) < 4.78 is 5.43. The molecule has 0 aliphatic carbocycles. The predicted molar refractivity (Wildman–Crippen MR) is 154 cm³/mol. The van der Waals surface area contributed by atoms with Gasteiger partial charge in [-0.2, -0.15) is 0 Å². The number of amides is 2. The van der Waals surface area contributed by atoms with Crippen molar-refractivity contribution in [1.82, 2.24) is 14.7 Å². The third kappa shape index (κ3) is 6.13. The van der Waals surface area contributed by atoms with Crippen molar-refractivity contribution in [2.45, 2.75) is 63.5 Å². The molecule has 2 N–H and O–H groups in total. The summed E-state index contributed by atoms with van der Waals surface area (Å²) in [7, 11) is 0. The lowest BCUT2D eigenvalue weighted by Gasteiger charge is -2.46. The quantitative estimate of drug-likeness (QED) is 0.244. The van der Waals surface area contributed by atoms with Crippen molar-refractivity contribution in [1.29, 1.82) is 0 Å². The summed E-state index contributed by atoms with van der Waals surface area (Å²) >= 11 is 1.59. The van der Waals surface area contributed by atoms with E-state index in [0.29, 0.717) is 24.6 Å². The number of piperidine rings is 2. The van der Waals surface area contributed by atoms with E-state index in [4.69, 9.17) is 4.74 Å². The number of aliphatic carboxylic acids is 1. The van der Waals surface area contributed by atoms with Crippen molar-refractivity contribution in [2.75, 3.05) is 32.7 Å². The fourth-order valence-electron chi connectivity index (χ4n) is 6.75. The van der Waals surface area contributed by atoms with Crippen LogP contribution < -0.4 is 0 Å². The first-order valence-corrected chi connectivity index (χ1v) is 15.5. The smallest absolute Gasteiger partial charge is 0.410 e. The van der Waals surface area contributed by atoms with Crippen LogP contribution >= 0.6 is 11.8 Å². The van der Waals surface area contributed by atoms with Crippen molar-refractivity contribution in [3.8, 4) is 0 Å². The summed E-state index contributed by atoms with van der Waals surface area (Å²) in [5, 5.41) is 31.1. The van der Waals surface area contributed by atoms with E-state index in [1.165, 1.54) is 17.0 Å². The Morgan fingerprint density at radius 3 is 2.48 bits per heavy atom. The average Bonchev–Trinajstić information content (AvgIpc) is 3.20. The number of hydrogen-bond acceptors (Lipinski definition) is 9. The summed E-state index contributed by atoms with van der Waals surface area (Å²) in [6.45, 7) is 7.57. The number of nitro groups is 1. The van der Waals surface area contributed by atoms with Crippen LogP contribution in [0.3, 0.4) is 0 Å². The van der Waals surface area contributed by atoms with Crippen molar-refractivity contribution in [2.24, 2.45) is 17.8 Å². The van der Waals surface area contributed by atoms with E-state index in [9.17, 15) is 34.7 Å². The SMILES string of the molecule is C[C@@H](O)[C@H]1C(=O)N2C(C(=O)O)=C(S[C@@H]3CCCN(CC4CCN(C(=O)OCc5ccc([N+](=O)[O-])cc5)CC4)C3)[C@H](C)[C@H]12. The normalized spacial score (nSPS) is 27.5. The van der Waals surface area contributed by atoms with Crippen molar-refractivity contribution >= 4 is 35.4 Å². The molecule has 12 nitrogen and oxygen atoms in total. The minimum atomic E-state index is -1.09. The summed E-state index contributed by atoms with van der Waals surface area (Å²) in [4.78, 5) is 54.0. The molecule has 13 heteroatoms. The standard InChI is InChI=1S/C29H38N4O8S/c1-17-24-23(18(2)34)27(35)32(24)25(28(36)37)26(17)42-22-4-3-11-30(15-22)14-19-9-12-31(13-10-19)29(38)41-16-20-5-7-21(8-6-20)33(39)40/h5-8,17-19,22-24,34H,3-4,9-16H2,1-2H3,(H,36,37)/t17-,18-,22-,23-,24-/m1/s1. The molecule has 42 heavy (non-hydrogen) atoms.